The summed E-state index contributed by atoms with van der Waals surface area (Å²) in [5.74, 6) is -0.499. The van der Waals surface area contributed by atoms with Gasteiger partial charge in [0, 0.05) is 10.6 Å². The zero-order valence-electron chi connectivity index (χ0n) is 18.1. The summed E-state index contributed by atoms with van der Waals surface area (Å²) in [6, 6.07) is 22.2. The fourth-order valence-corrected chi connectivity index (χ4v) is 5.98. The lowest BCUT2D eigenvalue weighted by atomic mass is 10.0. The largest absolute Gasteiger partial charge is 0.448 e. The van der Waals surface area contributed by atoms with Gasteiger partial charge in [-0.15, -0.1) is 23.1 Å². The normalized spacial score (nSPS) is 19.1. The first-order valence-corrected chi connectivity index (χ1v) is 12.8. The average Bonchev–Trinajstić information content (AvgIpc) is 3.39. The maximum atomic E-state index is 13.3. The molecule has 2 atom stereocenters. The van der Waals surface area contributed by atoms with E-state index in [1.54, 1.807) is 6.08 Å². The topological polar surface area (TPSA) is 75.7 Å². The van der Waals surface area contributed by atoms with Gasteiger partial charge in [0.25, 0.3) is 5.91 Å². The molecular weight excluding hydrogens is 468 g/mol. The smallest absolute Gasteiger partial charge is 0.355 e. The molecule has 34 heavy (non-hydrogen) atoms. The first-order chi connectivity index (χ1) is 16.6. The maximum absolute atomic E-state index is 13.3. The van der Waals surface area contributed by atoms with Crippen LogP contribution >= 0.6 is 23.1 Å². The van der Waals surface area contributed by atoms with Gasteiger partial charge in [-0.25, -0.2) is 4.79 Å². The van der Waals surface area contributed by atoms with Crippen LogP contribution in [0.25, 0.3) is 0 Å². The highest BCUT2D eigenvalue weighted by molar-refractivity contribution is 8.00. The van der Waals surface area contributed by atoms with Crippen LogP contribution in [0.3, 0.4) is 0 Å². The molecule has 2 aliphatic rings. The molecule has 2 amide bonds. The molecule has 6 nitrogen and oxygen atoms in total. The third-order valence-electron chi connectivity index (χ3n) is 5.72. The average molecular weight is 491 g/mol. The van der Waals surface area contributed by atoms with Gasteiger partial charge in [-0.05, 0) is 28.6 Å². The number of rotatable bonds is 7. The second kappa shape index (κ2) is 9.87. The lowest BCUT2D eigenvalue weighted by molar-refractivity contribution is -0.154. The summed E-state index contributed by atoms with van der Waals surface area (Å²) >= 11 is 3.02. The molecule has 0 aliphatic carbocycles. The zero-order valence-corrected chi connectivity index (χ0v) is 19.8. The van der Waals surface area contributed by atoms with Gasteiger partial charge in [-0.3, -0.25) is 14.5 Å². The van der Waals surface area contributed by atoms with Gasteiger partial charge >= 0.3 is 5.97 Å². The van der Waals surface area contributed by atoms with Crippen LogP contribution in [0.5, 0.6) is 0 Å². The van der Waals surface area contributed by atoms with Crippen LogP contribution in [-0.4, -0.2) is 39.9 Å². The van der Waals surface area contributed by atoms with E-state index in [0.717, 1.165) is 16.0 Å². The van der Waals surface area contributed by atoms with Crippen LogP contribution in [0.15, 0.2) is 89.9 Å². The minimum absolute atomic E-state index is 0.201. The second-order valence-corrected chi connectivity index (χ2v) is 10.1. The van der Waals surface area contributed by atoms with Gasteiger partial charge in [0.1, 0.15) is 17.1 Å². The molecule has 1 aromatic heterocycles. The number of thioether (sulfide) groups is 1. The summed E-state index contributed by atoms with van der Waals surface area (Å²) in [6.07, 6.45) is 1.36. The molecule has 1 unspecified atom stereocenters. The number of carbonyl (C=O) groups excluding carboxylic acids is 3. The number of β-lactam (4-membered cyclic amide) rings is 1. The van der Waals surface area contributed by atoms with Gasteiger partial charge in [-0.2, -0.15) is 0 Å². The summed E-state index contributed by atoms with van der Waals surface area (Å²) in [5, 5.41) is 4.43. The van der Waals surface area contributed by atoms with Crippen LogP contribution in [0.4, 0.5) is 0 Å². The molecule has 8 heteroatoms. The lowest BCUT2D eigenvalue weighted by Crippen LogP contribution is -2.70. The highest BCUT2D eigenvalue weighted by atomic mass is 32.2. The van der Waals surface area contributed by atoms with E-state index < -0.39 is 18.1 Å². The number of nitrogens with zero attached hydrogens (tertiary/aromatic N) is 1. The van der Waals surface area contributed by atoms with E-state index in [9.17, 15) is 14.4 Å². The first-order valence-electron chi connectivity index (χ1n) is 10.9. The van der Waals surface area contributed by atoms with E-state index in [4.69, 9.17) is 4.74 Å². The summed E-state index contributed by atoms with van der Waals surface area (Å²) in [4.78, 5) is 41.0. The Morgan fingerprint density at radius 1 is 1.00 bits per heavy atom. The lowest BCUT2D eigenvalue weighted by Gasteiger charge is -2.48. The van der Waals surface area contributed by atoms with Crippen molar-refractivity contribution in [1.29, 1.82) is 0 Å². The Bertz CT molecular complexity index is 1170. The van der Waals surface area contributed by atoms with Gasteiger partial charge in [0.05, 0.1) is 6.42 Å². The third kappa shape index (κ3) is 4.51. The number of esters is 1. The van der Waals surface area contributed by atoms with E-state index >= 15 is 0 Å². The quantitative estimate of drug-likeness (QED) is 0.402. The highest BCUT2D eigenvalue weighted by Crippen LogP contribution is 2.39. The minimum Gasteiger partial charge on any atom is -0.448 e. The monoisotopic (exact) mass is 490 g/mol. The summed E-state index contributed by atoms with van der Waals surface area (Å²) in [6.45, 7) is 0. The van der Waals surface area contributed by atoms with Crippen molar-refractivity contribution in [2.45, 2.75) is 23.9 Å². The fraction of sp³-hybridized carbons (Fsp3) is 0.192. The Kier molecular flexibility index (Phi) is 6.51. The summed E-state index contributed by atoms with van der Waals surface area (Å²) < 4.78 is 5.95. The molecule has 3 aromatic rings. The Morgan fingerprint density at radius 2 is 1.68 bits per heavy atom. The summed E-state index contributed by atoms with van der Waals surface area (Å²) in [7, 11) is 0. The van der Waals surface area contributed by atoms with Crippen molar-refractivity contribution >= 4 is 40.9 Å². The van der Waals surface area contributed by atoms with Crippen molar-refractivity contribution in [3.63, 3.8) is 0 Å². The van der Waals surface area contributed by atoms with E-state index in [0.29, 0.717) is 5.75 Å². The van der Waals surface area contributed by atoms with Crippen molar-refractivity contribution in [2.24, 2.45) is 0 Å². The maximum Gasteiger partial charge on any atom is 0.355 e. The van der Waals surface area contributed by atoms with Gasteiger partial charge in [0.2, 0.25) is 5.91 Å². The van der Waals surface area contributed by atoms with Crippen LogP contribution < -0.4 is 5.32 Å². The van der Waals surface area contributed by atoms with Crippen LogP contribution in [0.2, 0.25) is 0 Å². The Balaban J connectivity index is 1.29. The van der Waals surface area contributed by atoms with Gasteiger partial charge < -0.3 is 10.1 Å². The number of nitrogens with one attached hydrogen (secondary N) is 1. The molecule has 5 rings (SSSR count). The standard InChI is InChI=1S/C26H22N2O4S2/c29-21(16-19-12-7-14-33-19)27-22-24(30)28-20(13-15-34-25(22)28)26(31)32-23(17-8-3-1-4-9-17)18-10-5-2-6-11-18/h1-14,22-23,25H,15-16H2,(H,27,29)/t22?,25-/m1/s1. The number of hydrogen-bond acceptors (Lipinski definition) is 6. The number of benzene rings is 2. The molecule has 0 bridgehead atoms. The molecule has 0 saturated carbocycles. The number of amides is 2. The molecule has 2 aromatic carbocycles. The predicted octanol–water partition coefficient (Wildman–Crippen LogP) is 3.91. The number of fused-ring (bicyclic) bond motifs is 1. The zero-order chi connectivity index (χ0) is 23.5. The fourth-order valence-electron chi connectivity index (χ4n) is 4.08. The van der Waals surface area contributed by atoms with Crippen LogP contribution in [0, 0.1) is 0 Å². The minimum atomic E-state index is -0.645. The first kappa shape index (κ1) is 22.4. The Labute approximate surface area is 205 Å². The van der Waals surface area contributed by atoms with Crippen molar-refractivity contribution in [3.05, 3.63) is 106 Å². The van der Waals surface area contributed by atoms with Gasteiger partial charge in [0.15, 0.2) is 6.10 Å². The number of carbonyl (C=O) groups is 3. The number of hydrogen-bond donors (Lipinski definition) is 1. The van der Waals surface area contributed by atoms with E-state index in [2.05, 4.69) is 5.32 Å². The SMILES string of the molecule is O=C(Cc1cccs1)NC1C(=O)N2C(C(=O)OC(c3ccccc3)c3ccccc3)=CCS[C@H]12. The molecule has 1 saturated heterocycles. The van der Waals surface area contributed by atoms with E-state index in [1.165, 1.54) is 28.0 Å². The molecule has 2 aliphatic heterocycles. The number of thiophene rings is 1. The Hall–Kier alpha value is -3.36. The van der Waals surface area contributed by atoms with Crippen LogP contribution in [-0.2, 0) is 25.5 Å². The second-order valence-electron chi connectivity index (χ2n) is 7.93. The molecule has 3 heterocycles. The van der Waals surface area contributed by atoms with Crippen molar-refractivity contribution in [2.75, 3.05) is 5.75 Å². The molecule has 1 N–H and O–H groups in total. The van der Waals surface area contributed by atoms with E-state index in [1.807, 2.05) is 78.2 Å². The predicted molar refractivity (Wildman–Crippen MR) is 132 cm³/mol. The van der Waals surface area contributed by atoms with Crippen molar-refractivity contribution in [1.82, 2.24) is 10.2 Å². The third-order valence-corrected chi connectivity index (χ3v) is 7.78. The van der Waals surface area contributed by atoms with Crippen molar-refractivity contribution < 1.29 is 19.1 Å². The van der Waals surface area contributed by atoms with Crippen LogP contribution in [0.1, 0.15) is 22.1 Å². The van der Waals surface area contributed by atoms with Gasteiger partial charge in [-0.1, -0.05) is 66.7 Å². The number of ether oxygens (including phenoxy) is 1. The molecule has 172 valence electrons. The Morgan fingerprint density at radius 3 is 2.29 bits per heavy atom. The molecule has 0 radical (unpaired) electrons. The molecular formula is C26H22N2O4S2. The van der Waals surface area contributed by atoms with E-state index in [-0.39, 0.29) is 29.3 Å². The summed E-state index contributed by atoms with van der Waals surface area (Å²) in [5.41, 5.74) is 1.92. The molecule has 1 fully saturated rings. The highest BCUT2D eigenvalue weighted by Gasteiger charge is 2.53. The molecule has 0 spiro atoms. The van der Waals surface area contributed by atoms with Crippen molar-refractivity contribution in [3.8, 4) is 0 Å².